The van der Waals surface area contributed by atoms with Crippen molar-refractivity contribution in [3.8, 4) is 0 Å². The first-order chi connectivity index (χ1) is 29.4. The van der Waals surface area contributed by atoms with Crippen LogP contribution in [0.1, 0.15) is 304 Å². The second kappa shape index (κ2) is 48.4. The van der Waals surface area contributed by atoms with Crippen LogP contribution in [0.3, 0.4) is 0 Å². The fourth-order valence-electron chi connectivity index (χ4n) is 8.22. The lowest BCUT2D eigenvalue weighted by atomic mass is 10.0. The lowest BCUT2D eigenvalue weighted by Crippen LogP contribution is -2.30. The molecule has 0 unspecified atom stereocenters. The zero-order chi connectivity index (χ0) is 43.8. The molecule has 0 bridgehead atoms. The van der Waals surface area contributed by atoms with Gasteiger partial charge >= 0.3 is 17.9 Å². The Bertz CT molecular complexity index is 903. The molecule has 0 N–H and O–H groups in total. The van der Waals surface area contributed by atoms with Crippen LogP contribution in [0, 0.1) is 5.92 Å². The SMILES string of the molecule is CCCCCCCCCCCCCCCC(=O)OC[C@H](COC(=O)CCCCCCCCCCCCC)OC(=O)CCCCCCCCCCCCCCCCCC(C)C. The van der Waals surface area contributed by atoms with Gasteiger partial charge < -0.3 is 14.2 Å². The minimum atomic E-state index is -0.760. The molecule has 0 aliphatic rings. The molecule has 0 saturated heterocycles. The summed E-state index contributed by atoms with van der Waals surface area (Å²) in [5.74, 6) is 0.00646. The van der Waals surface area contributed by atoms with Crippen molar-refractivity contribution in [3.63, 3.8) is 0 Å². The largest absolute Gasteiger partial charge is 0.462 e. The smallest absolute Gasteiger partial charge is 0.306 e. The van der Waals surface area contributed by atoms with Crippen LogP contribution in [-0.4, -0.2) is 37.2 Å². The molecule has 0 amide bonds. The number of hydrogen-bond acceptors (Lipinski definition) is 6. The van der Waals surface area contributed by atoms with E-state index in [9.17, 15) is 14.4 Å². The summed E-state index contributed by atoms with van der Waals surface area (Å²) in [5.41, 5.74) is 0. The van der Waals surface area contributed by atoms with Crippen molar-refractivity contribution >= 4 is 17.9 Å². The second-order valence-corrected chi connectivity index (χ2v) is 19.0. The topological polar surface area (TPSA) is 78.9 Å². The first-order valence-corrected chi connectivity index (χ1v) is 26.9. The molecule has 0 radical (unpaired) electrons. The minimum absolute atomic E-state index is 0.0623. The van der Waals surface area contributed by atoms with E-state index < -0.39 is 6.10 Å². The van der Waals surface area contributed by atoms with E-state index in [-0.39, 0.29) is 31.1 Å². The predicted molar refractivity (Wildman–Crippen MR) is 257 cm³/mol. The number of rotatable bonds is 49. The molecule has 356 valence electrons. The highest BCUT2D eigenvalue weighted by molar-refractivity contribution is 5.71. The van der Waals surface area contributed by atoms with E-state index in [0.29, 0.717) is 19.3 Å². The zero-order valence-corrected chi connectivity index (χ0v) is 40.9. The normalized spacial score (nSPS) is 11.9. The molecule has 0 aromatic rings. The van der Waals surface area contributed by atoms with Gasteiger partial charge in [-0.05, 0) is 25.2 Å². The van der Waals surface area contributed by atoms with Crippen LogP contribution in [0.25, 0.3) is 0 Å². The maximum absolute atomic E-state index is 12.8. The van der Waals surface area contributed by atoms with E-state index in [1.165, 1.54) is 199 Å². The molecule has 6 heteroatoms. The highest BCUT2D eigenvalue weighted by Crippen LogP contribution is 2.17. The van der Waals surface area contributed by atoms with Gasteiger partial charge in [0, 0.05) is 19.3 Å². The Morgan fingerprint density at radius 1 is 0.317 bits per heavy atom. The lowest BCUT2D eigenvalue weighted by molar-refractivity contribution is -0.167. The summed E-state index contributed by atoms with van der Waals surface area (Å²) in [4.78, 5) is 38.0. The van der Waals surface area contributed by atoms with Gasteiger partial charge in [-0.15, -0.1) is 0 Å². The molecule has 0 spiro atoms. The number of carbonyl (C=O) groups excluding carboxylic acids is 3. The zero-order valence-electron chi connectivity index (χ0n) is 40.9. The van der Waals surface area contributed by atoms with Gasteiger partial charge in [0.2, 0.25) is 0 Å². The Morgan fingerprint density at radius 2 is 0.550 bits per heavy atom. The standard InChI is InChI=1S/C54H104O6/c1-5-7-9-11-13-15-17-21-26-30-34-38-42-46-53(56)59-49-51(48-58-52(55)45-41-37-33-29-24-16-14-12-10-8-6-2)60-54(57)47-43-39-35-31-27-23-20-18-19-22-25-28-32-36-40-44-50(3)4/h50-51H,5-49H2,1-4H3/t51-/m0/s1. The van der Waals surface area contributed by atoms with Crippen LogP contribution in [-0.2, 0) is 28.6 Å². The van der Waals surface area contributed by atoms with Crippen molar-refractivity contribution in [2.24, 2.45) is 5.92 Å². The van der Waals surface area contributed by atoms with Crippen molar-refractivity contribution in [3.05, 3.63) is 0 Å². The van der Waals surface area contributed by atoms with Crippen LogP contribution in [0.4, 0.5) is 0 Å². The molecule has 0 saturated carbocycles. The number of hydrogen-bond donors (Lipinski definition) is 0. The lowest BCUT2D eigenvalue weighted by Gasteiger charge is -2.18. The Kier molecular flexibility index (Phi) is 47.2. The van der Waals surface area contributed by atoms with E-state index >= 15 is 0 Å². The third-order valence-electron chi connectivity index (χ3n) is 12.3. The Morgan fingerprint density at radius 3 is 0.817 bits per heavy atom. The molecule has 0 rings (SSSR count). The van der Waals surface area contributed by atoms with Gasteiger partial charge in [0.25, 0.3) is 0 Å². The Balaban J connectivity index is 4.27. The average molecular weight is 849 g/mol. The fourth-order valence-corrected chi connectivity index (χ4v) is 8.22. The summed E-state index contributed by atoms with van der Waals surface area (Å²) in [6.45, 7) is 9.04. The van der Waals surface area contributed by atoms with Crippen LogP contribution in [0.15, 0.2) is 0 Å². The van der Waals surface area contributed by atoms with E-state index in [1.807, 2.05) is 0 Å². The minimum Gasteiger partial charge on any atom is -0.462 e. The van der Waals surface area contributed by atoms with Gasteiger partial charge in [0.1, 0.15) is 13.2 Å². The average Bonchev–Trinajstić information content (AvgIpc) is 3.23. The summed E-state index contributed by atoms with van der Waals surface area (Å²) >= 11 is 0. The van der Waals surface area contributed by atoms with Crippen LogP contribution in [0.5, 0.6) is 0 Å². The van der Waals surface area contributed by atoms with E-state index in [2.05, 4.69) is 27.7 Å². The molecule has 0 aromatic carbocycles. The van der Waals surface area contributed by atoms with Gasteiger partial charge in [-0.1, -0.05) is 265 Å². The molecule has 0 heterocycles. The Hall–Kier alpha value is -1.59. The number of carbonyl (C=O) groups is 3. The molecular weight excluding hydrogens is 745 g/mol. The fraction of sp³-hybridized carbons (Fsp3) is 0.944. The van der Waals surface area contributed by atoms with Crippen LogP contribution < -0.4 is 0 Å². The van der Waals surface area contributed by atoms with Crippen LogP contribution >= 0.6 is 0 Å². The van der Waals surface area contributed by atoms with Crippen molar-refractivity contribution in [2.45, 2.75) is 310 Å². The molecule has 0 aromatic heterocycles. The highest BCUT2D eigenvalue weighted by atomic mass is 16.6. The summed E-state index contributed by atoms with van der Waals surface area (Å²) in [5, 5.41) is 0. The maximum Gasteiger partial charge on any atom is 0.306 e. The first-order valence-electron chi connectivity index (χ1n) is 26.9. The first kappa shape index (κ1) is 58.4. The molecule has 0 aliphatic carbocycles. The van der Waals surface area contributed by atoms with Crippen molar-refractivity contribution in [2.75, 3.05) is 13.2 Å². The second-order valence-electron chi connectivity index (χ2n) is 19.0. The van der Waals surface area contributed by atoms with E-state index in [0.717, 1.165) is 63.7 Å². The summed E-state index contributed by atoms with van der Waals surface area (Å²) < 4.78 is 16.8. The molecule has 0 aliphatic heterocycles. The molecule has 6 nitrogen and oxygen atoms in total. The number of esters is 3. The maximum atomic E-state index is 12.8. The predicted octanol–water partition coefficient (Wildman–Crippen LogP) is 17.5. The van der Waals surface area contributed by atoms with E-state index in [1.54, 1.807) is 0 Å². The van der Waals surface area contributed by atoms with Gasteiger partial charge in [-0.25, -0.2) is 0 Å². The van der Waals surface area contributed by atoms with Crippen molar-refractivity contribution in [1.82, 2.24) is 0 Å². The monoisotopic (exact) mass is 849 g/mol. The number of unbranched alkanes of at least 4 members (excludes halogenated alkanes) is 36. The molecule has 0 fully saturated rings. The van der Waals surface area contributed by atoms with Crippen LogP contribution in [0.2, 0.25) is 0 Å². The van der Waals surface area contributed by atoms with Gasteiger partial charge in [0.05, 0.1) is 0 Å². The van der Waals surface area contributed by atoms with Gasteiger partial charge in [-0.3, -0.25) is 14.4 Å². The third-order valence-corrected chi connectivity index (χ3v) is 12.3. The van der Waals surface area contributed by atoms with Crippen molar-refractivity contribution in [1.29, 1.82) is 0 Å². The Labute approximate surface area is 374 Å². The third kappa shape index (κ3) is 47.5. The van der Waals surface area contributed by atoms with Crippen molar-refractivity contribution < 1.29 is 28.6 Å². The summed E-state index contributed by atoms with van der Waals surface area (Å²) in [6, 6.07) is 0. The van der Waals surface area contributed by atoms with Gasteiger partial charge in [0.15, 0.2) is 6.10 Å². The summed E-state index contributed by atoms with van der Waals surface area (Å²) in [6.07, 6.45) is 50.8. The number of ether oxygens (including phenoxy) is 3. The summed E-state index contributed by atoms with van der Waals surface area (Å²) in [7, 11) is 0. The molecular formula is C54H104O6. The molecule has 60 heavy (non-hydrogen) atoms. The molecule has 1 atom stereocenters. The van der Waals surface area contributed by atoms with E-state index in [4.69, 9.17) is 14.2 Å². The quantitative estimate of drug-likeness (QED) is 0.0345. The highest BCUT2D eigenvalue weighted by Gasteiger charge is 2.19. The van der Waals surface area contributed by atoms with Gasteiger partial charge in [-0.2, -0.15) is 0 Å².